The molecule has 2 aromatic carbocycles. The van der Waals surface area contributed by atoms with Crippen molar-refractivity contribution in [2.75, 3.05) is 13.7 Å². The standard InChI is InChI=1S/C25H33BrN2O4/c1-16-11-21(12-17(2)23(16)26)32-15-22(29)28(18(3)24(30)27-25(4,5)6)14-19-9-8-10-20(13-19)31-7/h8-13,18H,14-15H2,1-7H3,(H,27,30)/t18-/m1/s1. The lowest BCUT2D eigenvalue weighted by Crippen LogP contribution is -2.53. The molecule has 0 saturated carbocycles. The van der Waals surface area contributed by atoms with Crippen LogP contribution < -0.4 is 14.8 Å². The minimum absolute atomic E-state index is 0.169. The summed E-state index contributed by atoms with van der Waals surface area (Å²) in [5, 5.41) is 2.95. The van der Waals surface area contributed by atoms with E-state index >= 15 is 0 Å². The number of methoxy groups -OCH3 is 1. The molecule has 1 atom stereocenters. The van der Waals surface area contributed by atoms with Gasteiger partial charge >= 0.3 is 0 Å². The Morgan fingerprint density at radius 2 is 1.72 bits per heavy atom. The molecule has 0 aliphatic carbocycles. The van der Waals surface area contributed by atoms with Gasteiger partial charge in [0.25, 0.3) is 5.91 Å². The number of halogens is 1. The van der Waals surface area contributed by atoms with Gasteiger partial charge < -0.3 is 19.7 Å². The maximum Gasteiger partial charge on any atom is 0.261 e. The third-order valence-corrected chi connectivity index (χ3v) is 6.18. The van der Waals surface area contributed by atoms with Gasteiger partial charge in [-0.15, -0.1) is 0 Å². The molecule has 0 aliphatic rings. The number of benzene rings is 2. The Balaban J connectivity index is 2.23. The molecule has 2 aromatic rings. The lowest BCUT2D eigenvalue weighted by atomic mass is 10.1. The van der Waals surface area contributed by atoms with E-state index in [4.69, 9.17) is 9.47 Å². The van der Waals surface area contributed by atoms with Gasteiger partial charge in [-0.05, 0) is 82.5 Å². The Kier molecular flexibility index (Phi) is 8.73. The van der Waals surface area contributed by atoms with Gasteiger partial charge in [0.15, 0.2) is 6.61 Å². The summed E-state index contributed by atoms with van der Waals surface area (Å²) in [7, 11) is 1.59. The minimum Gasteiger partial charge on any atom is -0.497 e. The van der Waals surface area contributed by atoms with Crippen molar-refractivity contribution in [3.05, 3.63) is 57.6 Å². The smallest absolute Gasteiger partial charge is 0.261 e. The third-order valence-electron chi connectivity index (χ3n) is 4.92. The molecule has 7 heteroatoms. The van der Waals surface area contributed by atoms with Gasteiger partial charge in [-0.1, -0.05) is 28.1 Å². The molecule has 174 valence electrons. The van der Waals surface area contributed by atoms with Crippen LogP contribution in [0, 0.1) is 13.8 Å². The summed E-state index contributed by atoms with van der Waals surface area (Å²) in [6, 6.07) is 10.5. The van der Waals surface area contributed by atoms with Gasteiger partial charge in [0.1, 0.15) is 17.5 Å². The SMILES string of the molecule is COc1cccc(CN(C(=O)COc2cc(C)c(Br)c(C)c2)[C@H](C)C(=O)NC(C)(C)C)c1. The van der Waals surface area contributed by atoms with E-state index in [9.17, 15) is 9.59 Å². The van der Waals surface area contributed by atoms with E-state index in [0.29, 0.717) is 11.5 Å². The number of rotatable bonds is 8. The van der Waals surface area contributed by atoms with Crippen LogP contribution in [0.25, 0.3) is 0 Å². The predicted octanol–water partition coefficient (Wildman–Crippen LogP) is 4.79. The fourth-order valence-electron chi connectivity index (χ4n) is 3.24. The number of nitrogens with zero attached hydrogens (tertiary/aromatic N) is 1. The number of ether oxygens (including phenoxy) is 2. The van der Waals surface area contributed by atoms with Crippen molar-refractivity contribution in [3.8, 4) is 11.5 Å². The summed E-state index contributed by atoms with van der Waals surface area (Å²) in [6.07, 6.45) is 0. The molecule has 0 bridgehead atoms. The summed E-state index contributed by atoms with van der Waals surface area (Å²) in [5.41, 5.74) is 2.51. The minimum atomic E-state index is -0.676. The number of aryl methyl sites for hydroxylation is 2. The molecule has 32 heavy (non-hydrogen) atoms. The molecule has 2 rings (SSSR count). The van der Waals surface area contributed by atoms with Crippen molar-refractivity contribution in [3.63, 3.8) is 0 Å². The van der Waals surface area contributed by atoms with Gasteiger partial charge in [-0.2, -0.15) is 0 Å². The second-order valence-electron chi connectivity index (χ2n) is 8.95. The number of amides is 2. The molecule has 0 heterocycles. The highest BCUT2D eigenvalue weighted by Crippen LogP contribution is 2.26. The topological polar surface area (TPSA) is 67.9 Å². The fraction of sp³-hybridized carbons (Fsp3) is 0.440. The summed E-state index contributed by atoms with van der Waals surface area (Å²) in [4.78, 5) is 27.6. The molecule has 0 fully saturated rings. The van der Waals surface area contributed by atoms with Crippen LogP contribution in [0.15, 0.2) is 40.9 Å². The van der Waals surface area contributed by atoms with Crippen LogP contribution >= 0.6 is 15.9 Å². The lowest BCUT2D eigenvalue weighted by molar-refractivity contribution is -0.142. The summed E-state index contributed by atoms with van der Waals surface area (Å²) in [5.74, 6) is 0.815. The van der Waals surface area contributed by atoms with E-state index in [1.165, 1.54) is 4.90 Å². The van der Waals surface area contributed by atoms with Gasteiger partial charge in [0.2, 0.25) is 5.91 Å². The zero-order valence-corrected chi connectivity index (χ0v) is 21.5. The molecule has 0 aromatic heterocycles. The first-order chi connectivity index (χ1) is 14.9. The lowest BCUT2D eigenvalue weighted by Gasteiger charge is -2.31. The highest BCUT2D eigenvalue weighted by atomic mass is 79.9. The van der Waals surface area contributed by atoms with Crippen LogP contribution in [-0.2, 0) is 16.1 Å². The van der Waals surface area contributed by atoms with Crippen molar-refractivity contribution in [2.24, 2.45) is 0 Å². The Bertz CT molecular complexity index is 946. The summed E-state index contributed by atoms with van der Waals surface area (Å²) >= 11 is 3.54. The van der Waals surface area contributed by atoms with E-state index in [2.05, 4.69) is 21.2 Å². The molecule has 1 N–H and O–H groups in total. The number of hydrogen-bond acceptors (Lipinski definition) is 4. The van der Waals surface area contributed by atoms with Gasteiger partial charge in [0, 0.05) is 16.6 Å². The van der Waals surface area contributed by atoms with Gasteiger partial charge in [-0.3, -0.25) is 9.59 Å². The highest BCUT2D eigenvalue weighted by Gasteiger charge is 2.28. The number of carbonyl (C=O) groups is 2. The molecule has 6 nitrogen and oxygen atoms in total. The average molecular weight is 505 g/mol. The van der Waals surface area contributed by atoms with Crippen LogP contribution in [0.1, 0.15) is 44.4 Å². The maximum absolute atomic E-state index is 13.2. The van der Waals surface area contributed by atoms with Crippen molar-refractivity contribution < 1.29 is 19.1 Å². The number of carbonyl (C=O) groups excluding carboxylic acids is 2. The van der Waals surface area contributed by atoms with Crippen LogP contribution in [-0.4, -0.2) is 42.0 Å². The Morgan fingerprint density at radius 3 is 2.28 bits per heavy atom. The van der Waals surface area contributed by atoms with Gasteiger partial charge in [0.05, 0.1) is 7.11 Å². The molecule has 0 aliphatic heterocycles. The maximum atomic E-state index is 13.2. The zero-order valence-electron chi connectivity index (χ0n) is 19.9. The molecular formula is C25H33BrN2O4. The normalized spacial score (nSPS) is 12.1. The first-order valence-corrected chi connectivity index (χ1v) is 11.3. The summed E-state index contributed by atoms with van der Waals surface area (Å²) in [6.45, 7) is 11.5. The number of hydrogen-bond donors (Lipinski definition) is 1. The second-order valence-corrected chi connectivity index (χ2v) is 9.74. The first-order valence-electron chi connectivity index (χ1n) is 10.5. The number of nitrogens with one attached hydrogen (secondary N) is 1. The average Bonchev–Trinajstić information content (AvgIpc) is 2.72. The molecule has 0 saturated heterocycles. The van der Waals surface area contributed by atoms with E-state index < -0.39 is 11.6 Å². The summed E-state index contributed by atoms with van der Waals surface area (Å²) < 4.78 is 12.1. The molecule has 2 amide bonds. The van der Waals surface area contributed by atoms with Crippen molar-refractivity contribution >= 4 is 27.7 Å². The van der Waals surface area contributed by atoms with Crippen LogP contribution in [0.3, 0.4) is 0 Å². The molecule has 0 unspecified atom stereocenters. The highest BCUT2D eigenvalue weighted by molar-refractivity contribution is 9.10. The monoisotopic (exact) mass is 504 g/mol. The third kappa shape index (κ3) is 7.26. The zero-order chi connectivity index (χ0) is 24.1. The Labute approximate surface area is 199 Å². The van der Waals surface area contributed by atoms with Crippen molar-refractivity contribution in [1.82, 2.24) is 10.2 Å². The molecule has 0 spiro atoms. The molecular weight excluding hydrogens is 472 g/mol. The fourth-order valence-corrected chi connectivity index (χ4v) is 3.47. The van der Waals surface area contributed by atoms with Crippen molar-refractivity contribution in [1.29, 1.82) is 0 Å². The van der Waals surface area contributed by atoms with Crippen LogP contribution in [0.2, 0.25) is 0 Å². The second kappa shape index (κ2) is 10.9. The quantitative estimate of drug-likeness (QED) is 0.561. The van der Waals surface area contributed by atoms with Gasteiger partial charge in [-0.25, -0.2) is 0 Å². The largest absolute Gasteiger partial charge is 0.497 e. The Hall–Kier alpha value is -2.54. The van der Waals surface area contributed by atoms with E-state index in [-0.39, 0.29) is 25.0 Å². The van der Waals surface area contributed by atoms with E-state index in [1.807, 2.05) is 71.0 Å². The van der Waals surface area contributed by atoms with E-state index in [0.717, 1.165) is 21.2 Å². The first kappa shape index (κ1) is 25.7. The van der Waals surface area contributed by atoms with Crippen LogP contribution in [0.4, 0.5) is 0 Å². The van der Waals surface area contributed by atoms with E-state index in [1.54, 1.807) is 14.0 Å². The Morgan fingerprint density at radius 1 is 1.09 bits per heavy atom. The molecule has 0 radical (unpaired) electrons. The van der Waals surface area contributed by atoms with Crippen LogP contribution in [0.5, 0.6) is 11.5 Å². The predicted molar refractivity (Wildman–Crippen MR) is 130 cm³/mol. The van der Waals surface area contributed by atoms with Crippen molar-refractivity contribution in [2.45, 2.75) is 59.7 Å².